The van der Waals surface area contributed by atoms with Crippen LogP contribution < -0.4 is 10.1 Å². The largest absolute Gasteiger partial charge is 0.480 e. The Bertz CT molecular complexity index is 1660. The first-order chi connectivity index (χ1) is 21.3. The van der Waals surface area contributed by atoms with Crippen molar-refractivity contribution in [3.8, 4) is 11.5 Å². The molecule has 1 amide bonds. The predicted molar refractivity (Wildman–Crippen MR) is 180 cm³/mol. The van der Waals surface area contributed by atoms with Gasteiger partial charge in [0.25, 0.3) is 5.91 Å². The lowest BCUT2D eigenvalue weighted by atomic mass is 9.86. The number of nitrogens with zero attached hydrogens (tertiary/aromatic N) is 1. The standard InChI is InChI=1S/C39H46N2O4/c1-38(2,3)28-14-11-26(12-15-28)22-35(37(43)44)41-36(42)34-23-27-13-18-31(45-30-19-16-29(17-20-30)39(4,5)6)24-32(27)33(40-34)21-25-9-7-8-10-25/h11-20,23-25,35H,7-10,21-22H2,1-6H3,(H,41,42)(H,43,44). The van der Waals surface area contributed by atoms with E-state index in [-0.39, 0.29) is 22.9 Å². The molecule has 0 radical (unpaired) electrons. The second-order valence-electron chi connectivity index (χ2n) is 14.6. The van der Waals surface area contributed by atoms with E-state index in [2.05, 4.69) is 59.0 Å². The number of carboxylic acids is 1. The van der Waals surface area contributed by atoms with Crippen LogP contribution in [-0.2, 0) is 28.5 Å². The van der Waals surface area contributed by atoms with Gasteiger partial charge in [-0.15, -0.1) is 0 Å². The van der Waals surface area contributed by atoms with Gasteiger partial charge in [0.1, 0.15) is 23.2 Å². The molecule has 6 heteroatoms. The molecule has 45 heavy (non-hydrogen) atoms. The van der Waals surface area contributed by atoms with Gasteiger partial charge in [0.05, 0.1) is 0 Å². The molecule has 3 aromatic carbocycles. The summed E-state index contributed by atoms with van der Waals surface area (Å²) in [5.41, 5.74) is 4.41. The first-order valence-electron chi connectivity index (χ1n) is 16.1. The van der Waals surface area contributed by atoms with E-state index in [0.29, 0.717) is 11.7 Å². The topological polar surface area (TPSA) is 88.5 Å². The van der Waals surface area contributed by atoms with Crippen molar-refractivity contribution in [2.45, 2.75) is 96.9 Å². The normalized spacial score (nSPS) is 14.8. The van der Waals surface area contributed by atoms with Crippen LogP contribution in [0.5, 0.6) is 11.5 Å². The summed E-state index contributed by atoms with van der Waals surface area (Å²) in [6.07, 6.45) is 5.66. The van der Waals surface area contributed by atoms with Crippen LogP contribution in [0.4, 0.5) is 0 Å². The minimum atomic E-state index is -1.08. The van der Waals surface area contributed by atoms with Crippen molar-refractivity contribution in [1.29, 1.82) is 0 Å². The zero-order valence-electron chi connectivity index (χ0n) is 27.4. The van der Waals surface area contributed by atoms with Crippen LogP contribution in [0.25, 0.3) is 10.8 Å². The average molecular weight is 607 g/mol. The molecule has 1 saturated carbocycles. The van der Waals surface area contributed by atoms with Crippen molar-refractivity contribution in [2.75, 3.05) is 0 Å². The lowest BCUT2D eigenvalue weighted by Crippen LogP contribution is -2.42. The van der Waals surface area contributed by atoms with E-state index in [1.54, 1.807) is 6.07 Å². The highest BCUT2D eigenvalue weighted by Crippen LogP contribution is 2.33. The van der Waals surface area contributed by atoms with Gasteiger partial charge in [-0.25, -0.2) is 9.78 Å². The Hall–Kier alpha value is -4.19. The molecule has 1 heterocycles. The Morgan fingerprint density at radius 2 is 1.42 bits per heavy atom. The number of carbonyl (C=O) groups excluding carboxylic acids is 1. The first-order valence-corrected chi connectivity index (χ1v) is 16.1. The number of amides is 1. The van der Waals surface area contributed by atoms with E-state index in [9.17, 15) is 14.7 Å². The fourth-order valence-corrected chi connectivity index (χ4v) is 6.09. The summed E-state index contributed by atoms with van der Waals surface area (Å²) in [4.78, 5) is 30.6. The summed E-state index contributed by atoms with van der Waals surface area (Å²) in [5.74, 6) is 0.420. The molecule has 1 aromatic heterocycles. The van der Waals surface area contributed by atoms with E-state index in [1.807, 2.05) is 54.6 Å². The number of hydrogen-bond donors (Lipinski definition) is 2. The highest BCUT2D eigenvalue weighted by molar-refractivity contribution is 5.99. The monoisotopic (exact) mass is 606 g/mol. The van der Waals surface area contributed by atoms with Crippen LogP contribution in [0.2, 0.25) is 0 Å². The van der Waals surface area contributed by atoms with Gasteiger partial charge in [-0.05, 0) is 75.6 Å². The summed E-state index contributed by atoms with van der Waals surface area (Å²) >= 11 is 0. The minimum Gasteiger partial charge on any atom is -0.480 e. The number of benzene rings is 3. The van der Waals surface area contributed by atoms with Gasteiger partial charge in [0, 0.05) is 17.5 Å². The number of carbonyl (C=O) groups is 2. The van der Waals surface area contributed by atoms with E-state index >= 15 is 0 Å². The van der Waals surface area contributed by atoms with Crippen molar-refractivity contribution in [2.24, 2.45) is 5.92 Å². The molecule has 4 aromatic rings. The summed E-state index contributed by atoms with van der Waals surface area (Å²) in [6, 6.07) is 22.7. The van der Waals surface area contributed by atoms with Gasteiger partial charge in [-0.3, -0.25) is 4.79 Å². The lowest BCUT2D eigenvalue weighted by molar-refractivity contribution is -0.139. The molecule has 1 aliphatic rings. The van der Waals surface area contributed by atoms with Crippen LogP contribution in [0.3, 0.4) is 0 Å². The second kappa shape index (κ2) is 13.0. The molecule has 6 nitrogen and oxygen atoms in total. The maximum Gasteiger partial charge on any atom is 0.326 e. The van der Waals surface area contributed by atoms with Crippen molar-refractivity contribution in [1.82, 2.24) is 10.3 Å². The average Bonchev–Trinajstić information content (AvgIpc) is 3.49. The maximum absolute atomic E-state index is 13.5. The van der Waals surface area contributed by atoms with Gasteiger partial charge >= 0.3 is 5.97 Å². The van der Waals surface area contributed by atoms with Crippen molar-refractivity contribution < 1.29 is 19.4 Å². The molecule has 1 aliphatic carbocycles. The molecule has 1 atom stereocenters. The van der Waals surface area contributed by atoms with Gasteiger partial charge in [0.2, 0.25) is 0 Å². The number of carboxylic acid groups (broad SMARTS) is 1. The fraction of sp³-hybridized carbons (Fsp3) is 0.410. The number of fused-ring (bicyclic) bond motifs is 1. The summed E-state index contributed by atoms with van der Waals surface area (Å²) in [5, 5.41) is 14.6. The van der Waals surface area contributed by atoms with Gasteiger partial charge in [-0.2, -0.15) is 0 Å². The number of rotatable bonds is 9. The van der Waals surface area contributed by atoms with Gasteiger partial charge in [-0.1, -0.05) is 110 Å². The number of nitrogens with one attached hydrogen (secondary N) is 1. The number of pyridine rings is 1. The van der Waals surface area contributed by atoms with Crippen LogP contribution >= 0.6 is 0 Å². The molecule has 1 unspecified atom stereocenters. The molecule has 0 aliphatic heterocycles. The van der Waals surface area contributed by atoms with Crippen LogP contribution in [-0.4, -0.2) is 28.0 Å². The molecule has 0 bridgehead atoms. The smallest absolute Gasteiger partial charge is 0.326 e. The second-order valence-corrected chi connectivity index (χ2v) is 14.6. The van der Waals surface area contributed by atoms with Gasteiger partial charge < -0.3 is 15.2 Å². The Kier molecular flexibility index (Phi) is 9.33. The Balaban J connectivity index is 1.39. The summed E-state index contributed by atoms with van der Waals surface area (Å²) in [6.45, 7) is 13.0. The van der Waals surface area contributed by atoms with Crippen LogP contribution in [0.15, 0.2) is 72.8 Å². The zero-order valence-corrected chi connectivity index (χ0v) is 27.4. The molecule has 0 saturated heterocycles. The number of ether oxygens (including phenoxy) is 1. The third kappa shape index (κ3) is 8.10. The summed E-state index contributed by atoms with van der Waals surface area (Å²) in [7, 11) is 0. The molecule has 236 valence electrons. The van der Waals surface area contributed by atoms with Crippen molar-refractivity contribution >= 4 is 22.6 Å². The lowest BCUT2D eigenvalue weighted by Gasteiger charge is -2.20. The Morgan fingerprint density at radius 3 is 2.00 bits per heavy atom. The fourth-order valence-electron chi connectivity index (χ4n) is 6.09. The number of hydrogen-bond acceptors (Lipinski definition) is 4. The van der Waals surface area contributed by atoms with Gasteiger partial charge in [0.15, 0.2) is 0 Å². The zero-order chi connectivity index (χ0) is 32.4. The maximum atomic E-state index is 13.5. The molecular formula is C39H46N2O4. The summed E-state index contributed by atoms with van der Waals surface area (Å²) < 4.78 is 6.25. The Morgan fingerprint density at radius 1 is 0.844 bits per heavy atom. The van der Waals surface area contributed by atoms with Crippen LogP contribution in [0, 0.1) is 5.92 Å². The van der Waals surface area contributed by atoms with Crippen molar-refractivity contribution in [3.63, 3.8) is 0 Å². The van der Waals surface area contributed by atoms with E-state index < -0.39 is 17.9 Å². The van der Waals surface area contributed by atoms with Crippen molar-refractivity contribution in [3.05, 3.63) is 101 Å². The molecule has 0 spiro atoms. The predicted octanol–water partition coefficient (Wildman–Crippen LogP) is 8.78. The highest BCUT2D eigenvalue weighted by atomic mass is 16.5. The third-order valence-electron chi connectivity index (χ3n) is 8.89. The molecule has 5 rings (SSSR count). The minimum absolute atomic E-state index is 0.00148. The van der Waals surface area contributed by atoms with E-state index in [0.717, 1.165) is 47.0 Å². The van der Waals surface area contributed by atoms with E-state index in [4.69, 9.17) is 9.72 Å². The van der Waals surface area contributed by atoms with Crippen LogP contribution in [0.1, 0.15) is 100 Å². The highest BCUT2D eigenvalue weighted by Gasteiger charge is 2.25. The third-order valence-corrected chi connectivity index (χ3v) is 8.89. The molecular weight excluding hydrogens is 560 g/mol. The van der Waals surface area contributed by atoms with E-state index in [1.165, 1.54) is 24.0 Å². The molecule has 2 N–H and O–H groups in total. The molecule has 1 fully saturated rings. The quantitative estimate of drug-likeness (QED) is 0.199. The number of aromatic nitrogens is 1. The Labute approximate surface area is 267 Å². The number of aliphatic carboxylic acids is 1. The first kappa shape index (κ1) is 32.2. The SMILES string of the molecule is CC(C)(C)c1ccc(CC(NC(=O)c2cc3ccc(Oc4ccc(C(C)(C)C)cc4)cc3c(CC3CCCC3)n2)C(=O)O)cc1.